The zero-order chi connectivity index (χ0) is 19.2. The Morgan fingerprint density at radius 1 is 1.15 bits per heavy atom. The second-order valence-electron chi connectivity index (χ2n) is 6.77. The van der Waals surface area contributed by atoms with E-state index in [1.165, 1.54) is 16.7 Å². The summed E-state index contributed by atoms with van der Waals surface area (Å²) in [6.07, 6.45) is 2.83. The Labute approximate surface area is 165 Å². The normalized spacial score (nSPS) is 11.8. The predicted octanol–water partition coefficient (Wildman–Crippen LogP) is 4.96. The van der Waals surface area contributed by atoms with E-state index in [0.29, 0.717) is 23.5 Å². The molecule has 5 nitrogen and oxygen atoms in total. The van der Waals surface area contributed by atoms with E-state index in [2.05, 4.69) is 71.8 Å². The average molecular weight is 380 g/mol. The molecule has 2 aromatic carbocycles. The van der Waals surface area contributed by atoms with E-state index in [9.17, 15) is 0 Å². The van der Waals surface area contributed by atoms with Crippen molar-refractivity contribution < 1.29 is 0 Å². The first-order chi connectivity index (χ1) is 13.0. The summed E-state index contributed by atoms with van der Waals surface area (Å²) in [6.45, 7) is 7.18. The summed E-state index contributed by atoms with van der Waals surface area (Å²) >= 11 is 5.37. The number of aryl methyl sites for hydroxylation is 1. The van der Waals surface area contributed by atoms with Crippen molar-refractivity contribution in [2.45, 2.75) is 39.7 Å². The second kappa shape index (κ2) is 8.77. The third-order valence-corrected chi connectivity index (χ3v) is 4.74. The molecule has 3 rings (SSSR count). The number of hydrogen-bond donors (Lipinski definition) is 2. The van der Waals surface area contributed by atoms with Gasteiger partial charge >= 0.3 is 0 Å². The molecule has 0 amide bonds. The Morgan fingerprint density at radius 2 is 1.93 bits per heavy atom. The Bertz CT molecular complexity index is 901. The molecule has 1 atom stereocenters. The fourth-order valence-corrected chi connectivity index (χ4v) is 3.03. The molecule has 0 radical (unpaired) electrons. The predicted molar refractivity (Wildman–Crippen MR) is 115 cm³/mol. The lowest BCUT2D eigenvalue weighted by Gasteiger charge is -2.11. The van der Waals surface area contributed by atoms with E-state index < -0.39 is 0 Å². The lowest BCUT2D eigenvalue weighted by molar-refractivity contribution is 0.687. The quantitative estimate of drug-likeness (QED) is 0.593. The van der Waals surface area contributed by atoms with Gasteiger partial charge in [0.25, 0.3) is 0 Å². The molecule has 0 saturated carbocycles. The summed E-state index contributed by atoms with van der Waals surface area (Å²) < 4.78 is 1.79. The Hall–Kier alpha value is -2.73. The van der Waals surface area contributed by atoms with Crippen molar-refractivity contribution in [3.8, 4) is 0 Å². The highest BCUT2D eigenvalue weighted by Crippen LogP contribution is 2.20. The molecule has 0 saturated heterocycles. The van der Waals surface area contributed by atoms with Crippen LogP contribution in [0.5, 0.6) is 0 Å². The van der Waals surface area contributed by atoms with E-state index in [0.717, 1.165) is 12.1 Å². The highest BCUT2D eigenvalue weighted by atomic mass is 32.1. The van der Waals surface area contributed by atoms with Crippen LogP contribution in [0.3, 0.4) is 0 Å². The van der Waals surface area contributed by atoms with Gasteiger partial charge in [-0.15, -0.1) is 5.10 Å². The fraction of sp³-hybridized carbons (Fsp3) is 0.286. The molecule has 0 aliphatic carbocycles. The molecule has 3 aromatic rings. The molecule has 2 N–H and O–H groups in total. The maximum atomic E-state index is 5.37. The molecule has 1 aromatic heterocycles. The highest BCUT2D eigenvalue weighted by molar-refractivity contribution is 7.80. The molecule has 0 aliphatic heterocycles. The van der Waals surface area contributed by atoms with Crippen LogP contribution in [-0.4, -0.2) is 19.9 Å². The summed E-state index contributed by atoms with van der Waals surface area (Å²) in [5.41, 5.74) is 4.70. The van der Waals surface area contributed by atoms with Crippen molar-refractivity contribution in [3.05, 3.63) is 71.5 Å². The van der Waals surface area contributed by atoms with Crippen LogP contribution in [-0.2, 0) is 6.54 Å². The summed E-state index contributed by atoms with van der Waals surface area (Å²) in [7, 11) is 0. The van der Waals surface area contributed by atoms with Gasteiger partial charge in [0.15, 0.2) is 5.11 Å². The van der Waals surface area contributed by atoms with Gasteiger partial charge in [0, 0.05) is 5.69 Å². The molecule has 27 heavy (non-hydrogen) atoms. The van der Waals surface area contributed by atoms with Crippen molar-refractivity contribution in [2.75, 3.05) is 10.6 Å². The van der Waals surface area contributed by atoms with Gasteiger partial charge in [0.05, 0.1) is 6.54 Å². The average Bonchev–Trinajstić information content (AvgIpc) is 3.08. The lowest BCUT2D eigenvalue weighted by atomic mass is 9.99. The van der Waals surface area contributed by atoms with Gasteiger partial charge in [-0.2, -0.15) is 0 Å². The Morgan fingerprint density at radius 3 is 2.63 bits per heavy atom. The number of nitrogens with one attached hydrogen (secondary N) is 2. The highest BCUT2D eigenvalue weighted by Gasteiger charge is 2.06. The van der Waals surface area contributed by atoms with Crippen LogP contribution in [0.25, 0.3) is 0 Å². The van der Waals surface area contributed by atoms with Gasteiger partial charge in [-0.05, 0) is 54.7 Å². The molecule has 0 aliphatic rings. The van der Waals surface area contributed by atoms with E-state index >= 15 is 0 Å². The maximum Gasteiger partial charge on any atom is 0.248 e. The van der Waals surface area contributed by atoms with Crippen molar-refractivity contribution in [3.63, 3.8) is 0 Å². The van der Waals surface area contributed by atoms with Crippen LogP contribution >= 0.6 is 12.2 Å². The number of benzene rings is 2. The standard InChI is InChI=1S/C21H25N5S/c1-4-16(3)18-8-10-19(11-9-18)23-21(27)24-20-22-14-26(25-20)13-17-7-5-6-15(2)12-17/h5-12,14,16H,4,13H2,1-3H3,(H2,23,24,25,27). The third-order valence-electron chi connectivity index (χ3n) is 4.54. The van der Waals surface area contributed by atoms with Crippen LogP contribution in [0.4, 0.5) is 11.6 Å². The van der Waals surface area contributed by atoms with E-state index in [-0.39, 0.29) is 0 Å². The number of hydrogen-bond acceptors (Lipinski definition) is 3. The maximum absolute atomic E-state index is 5.37. The Balaban J connectivity index is 1.56. The molecule has 140 valence electrons. The minimum absolute atomic E-state index is 0.472. The van der Waals surface area contributed by atoms with Gasteiger partial charge < -0.3 is 5.32 Å². The molecule has 0 bridgehead atoms. The second-order valence-corrected chi connectivity index (χ2v) is 7.17. The van der Waals surface area contributed by atoms with Crippen LogP contribution in [0.15, 0.2) is 54.9 Å². The van der Waals surface area contributed by atoms with E-state index in [1.807, 2.05) is 18.2 Å². The number of nitrogens with zero attached hydrogens (tertiary/aromatic N) is 3. The van der Waals surface area contributed by atoms with Crippen LogP contribution < -0.4 is 10.6 Å². The summed E-state index contributed by atoms with van der Waals surface area (Å²) in [4.78, 5) is 4.28. The third kappa shape index (κ3) is 5.37. The van der Waals surface area contributed by atoms with Gasteiger partial charge in [-0.25, -0.2) is 9.67 Å². The summed E-state index contributed by atoms with van der Waals surface area (Å²) in [6, 6.07) is 16.7. The van der Waals surface area contributed by atoms with Crippen LogP contribution in [0.2, 0.25) is 0 Å². The van der Waals surface area contributed by atoms with Gasteiger partial charge in [0.1, 0.15) is 6.33 Å². The largest absolute Gasteiger partial charge is 0.332 e. The van der Waals surface area contributed by atoms with Crippen molar-refractivity contribution in [1.29, 1.82) is 0 Å². The first kappa shape index (κ1) is 19.0. The van der Waals surface area contributed by atoms with E-state index in [4.69, 9.17) is 12.2 Å². The monoisotopic (exact) mass is 379 g/mol. The Kier molecular flexibility index (Phi) is 6.19. The van der Waals surface area contributed by atoms with Crippen molar-refractivity contribution in [1.82, 2.24) is 14.8 Å². The zero-order valence-corrected chi connectivity index (χ0v) is 16.8. The first-order valence-corrected chi connectivity index (χ1v) is 9.57. The number of thiocarbonyl (C=S) groups is 1. The smallest absolute Gasteiger partial charge is 0.248 e. The van der Waals surface area contributed by atoms with E-state index in [1.54, 1.807) is 11.0 Å². The SMILES string of the molecule is CCC(C)c1ccc(NC(=S)Nc2ncn(Cc3cccc(C)c3)n2)cc1. The van der Waals surface area contributed by atoms with Gasteiger partial charge in [-0.1, -0.05) is 55.8 Å². The van der Waals surface area contributed by atoms with Crippen LogP contribution in [0.1, 0.15) is 42.9 Å². The minimum Gasteiger partial charge on any atom is -0.332 e. The molecule has 1 heterocycles. The summed E-state index contributed by atoms with van der Waals surface area (Å²) in [5, 5.41) is 11.1. The van der Waals surface area contributed by atoms with Crippen molar-refractivity contribution >= 4 is 29.0 Å². The fourth-order valence-electron chi connectivity index (χ4n) is 2.82. The molecule has 0 fully saturated rings. The number of anilines is 2. The zero-order valence-electron chi connectivity index (χ0n) is 15.9. The number of aromatic nitrogens is 3. The molecule has 0 spiro atoms. The number of rotatable bonds is 6. The molecule has 1 unspecified atom stereocenters. The topological polar surface area (TPSA) is 54.8 Å². The molecular weight excluding hydrogens is 354 g/mol. The first-order valence-electron chi connectivity index (χ1n) is 9.16. The minimum atomic E-state index is 0.472. The molecular formula is C21H25N5S. The van der Waals surface area contributed by atoms with Crippen molar-refractivity contribution in [2.24, 2.45) is 0 Å². The lowest BCUT2D eigenvalue weighted by Crippen LogP contribution is -2.20. The van der Waals surface area contributed by atoms with Gasteiger partial charge in [-0.3, -0.25) is 5.32 Å². The summed E-state index contributed by atoms with van der Waals surface area (Å²) in [5.74, 6) is 1.04. The van der Waals surface area contributed by atoms with Crippen LogP contribution in [0, 0.1) is 6.92 Å². The molecule has 6 heteroatoms. The van der Waals surface area contributed by atoms with Gasteiger partial charge in [0.2, 0.25) is 5.95 Å².